The fraction of sp³-hybridized carbons (Fsp3) is 0.667. The quantitative estimate of drug-likeness (QED) is 0.850. The van der Waals surface area contributed by atoms with E-state index in [1.54, 1.807) is 18.5 Å². The van der Waals surface area contributed by atoms with E-state index in [0.29, 0.717) is 19.0 Å². The molecule has 5 nitrogen and oxygen atoms in total. The molecule has 1 amide bonds. The molecular weight excluding hydrogens is 254 g/mol. The molecule has 1 aromatic rings. The monoisotopic (exact) mass is 277 g/mol. The van der Waals surface area contributed by atoms with Crippen molar-refractivity contribution in [2.75, 3.05) is 13.1 Å². The molecule has 110 valence electrons. The first kappa shape index (κ1) is 14.8. The largest absolute Gasteiger partial charge is 0.458 e. The average molecular weight is 277 g/mol. The van der Waals surface area contributed by atoms with Gasteiger partial charge in [-0.2, -0.15) is 0 Å². The molecule has 0 radical (unpaired) electrons. The summed E-state index contributed by atoms with van der Waals surface area (Å²) in [5.74, 6) is 0.208. The van der Waals surface area contributed by atoms with Crippen LogP contribution in [0.3, 0.4) is 0 Å². The maximum atomic E-state index is 12.3. The minimum atomic E-state index is -0.00457. The summed E-state index contributed by atoms with van der Waals surface area (Å²) in [5, 5.41) is 0. The molecular formula is C15H23N3O2. The Morgan fingerprint density at radius 1 is 1.40 bits per heavy atom. The first-order valence-electron chi connectivity index (χ1n) is 7.15. The zero-order valence-electron chi connectivity index (χ0n) is 12.5. The average Bonchev–Trinajstić information content (AvgIpc) is 2.38. The molecule has 0 saturated carbocycles. The Morgan fingerprint density at radius 3 is 2.75 bits per heavy atom. The van der Waals surface area contributed by atoms with Crippen molar-refractivity contribution in [2.24, 2.45) is 5.41 Å². The number of rotatable bonds is 3. The Balaban J connectivity index is 1.90. The third kappa shape index (κ3) is 4.47. The molecule has 0 spiro atoms. The number of aromatic nitrogens is 2. The van der Waals surface area contributed by atoms with E-state index in [2.05, 4.69) is 30.7 Å². The highest BCUT2D eigenvalue weighted by Crippen LogP contribution is 2.22. The predicted molar refractivity (Wildman–Crippen MR) is 76.3 cm³/mol. The van der Waals surface area contributed by atoms with Gasteiger partial charge in [0.25, 0.3) is 0 Å². The number of carbonyl (C=O) groups excluding carboxylic acids is 1. The predicted octanol–water partition coefficient (Wildman–Crippen LogP) is 2.28. The van der Waals surface area contributed by atoms with Gasteiger partial charge >= 0.3 is 6.01 Å². The van der Waals surface area contributed by atoms with Gasteiger partial charge in [0.05, 0.1) is 6.54 Å². The summed E-state index contributed by atoms with van der Waals surface area (Å²) in [6.07, 6.45) is 5.79. The van der Waals surface area contributed by atoms with Gasteiger partial charge in [0.15, 0.2) is 0 Å². The Morgan fingerprint density at radius 2 is 2.10 bits per heavy atom. The van der Waals surface area contributed by atoms with Gasteiger partial charge in [0.1, 0.15) is 6.10 Å². The fourth-order valence-corrected chi connectivity index (χ4v) is 2.32. The smallest absolute Gasteiger partial charge is 0.316 e. The molecule has 1 aliphatic heterocycles. The summed E-state index contributed by atoms with van der Waals surface area (Å²) in [5.41, 5.74) is 0.0213. The second kappa shape index (κ2) is 6.20. The highest BCUT2D eigenvalue weighted by atomic mass is 16.5. The van der Waals surface area contributed by atoms with Crippen molar-refractivity contribution in [1.29, 1.82) is 0 Å². The second-order valence-electron chi connectivity index (χ2n) is 6.49. The molecule has 1 aliphatic rings. The van der Waals surface area contributed by atoms with Crippen molar-refractivity contribution in [3.8, 4) is 6.01 Å². The molecule has 1 atom stereocenters. The van der Waals surface area contributed by atoms with Crippen molar-refractivity contribution in [3.05, 3.63) is 18.5 Å². The molecule has 2 rings (SSSR count). The van der Waals surface area contributed by atoms with Crippen LogP contribution in [-0.4, -0.2) is 40.0 Å². The fourth-order valence-electron chi connectivity index (χ4n) is 2.32. The van der Waals surface area contributed by atoms with E-state index < -0.39 is 0 Å². The number of likely N-dealkylation sites (tertiary alicyclic amines) is 1. The maximum Gasteiger partial charge on any atom is 0.316 e. The molecule has 1 unspecified atom stereocenters. The van der Waals surface area contributed by atoms with Crippen LogP contribution in [0.25, 0.3) is 0 Å². The summed E-state index contributed by atoms with van der Waals surface area (Å²) in [4.78, 5) is 22.3. The first-order chi connectivity index (χ1) is 9.44. The Kier molecular flexibility index (Phi) is 4.57. The lowest BCUT2D eigenvalue weighted by Gasteiger charge is -2.34. The molecule has 2 heterocycles. The van der Waals surface area contributed by atoms with Crippen molar-refractivity contribution >= 4 is 5.91 Å². The number of carbonyl (C=O) groups is 1. The lowest BCUT2D eigenvalue weighted by Crippen LogP contribution is -2.45. The standard InChI is InChI=1S/C15H23N3O2/c1-15(2,3)10-13(19)18-9-4-6-12(11-18)20-14-16-7-5-8-17-14/h5,7-8,12H,4,6,9-11H2,1-3H3. The van der Waals surface area contributed by atoms with Gasteiger partial charge in [-0.05, 0) is 24.3 Å². The number of ether oxygens (including phenoxy) is 1. The Bertz CT molecular complexity index is 442. The first-order valence-corrected chi connectivity index (χ1v) is 7.15. The van der Waals surface area contributed by atoms with Gasteiger partial charge in [-0.1, -0.05) is 20.8 Å². The van der Waals surface area contributed by atoms with E-state index in [1.807, 2.05) is 4.90 Å². The van der Waals surface area contributed by atoms with Crippen molar-refractivity contribution in [3.63, 3.8) is 0 Å². The Hall–Kier alpha value is -1.65. The summed E-state index contributed by atoms with van der Waals surface area (Å²) in [6.45, 7) is 7.71. The van der Waals surface area contributed by atoms with E-state index >= 15 is 0 Å². The lowest BCUT2D eigenvalue weighted by atomic mass is 9.91. The minimum Gasteiger partial charge on any atom is -0.458 e. The summed E-state index contributed by atoms with van der Waals surface area (Å²) >= 11 is 0. The molecule has 0 aliphatic carbocycles. The molecule has 5 heteroatoms. The highest BCUT2D eigenvalue weighted by molar-refractivity contribution is 5.76. The van der Waals surface area contributed by atoms with E-state index in [4.69, 9.17) is 4.74 Å². The van der Waals surface area contributed by atoms with E-state index in [9.17, 15) is 4.79 Å². The SMILES string of the molecule is CC(C)(C)CC(=O)N1CCCC(Oc2ncccn2)C1. The maximum absolute atomic E-state index is 12.3. The molecule has 1 aromatic heterocycles. The molecule has 1 saturated heterocycles. The minimum absolute atomic E-state index is 0.00457. The van der Waals surface area contributed by atoms with Gasteiger partial charge < -0.3 is 9.64 Å². The second-order valence-corrected chi connectivity index (χ2v) is 6.49. The third-order valence-electron chi connectivity index (χ3n) is 3.23. The van der Waals surface area contributed by atoms with E-state index in [0.717, 1.165) is 19.4 Å². The Labute approximate surface area is 120 Å². The van der Waals surface area contributed by atoms with Gasteiger partial charge in [-0.3, -0.25) is 4.79 Å². The number of piperidine rings is 1. The van der Waals surface area contributed by atoms with Gasteiger partial charge in [-0.25, -0.2) is 9.97 Å². The van der Waals surface area contributed by atoms with Crippen LogP contribution in [0.15, 0.2) is 18.5 Å². The molecule has 20 heavy (non-hydrogen) atoms. The van der Waals surface area contributed by atoms with Crippen LogP contribution in [0.1, 0.15) is 40.0 Å². The van der Waals surface area contributed by atoms with E-state index in [-0.39, 0.29) is 17.4 Å². The highest BCUT2D eigenvalue weighted by Gasteiger charge is 2.27. The van der Waals surface area contributed by atoms with Crippen LogP contribution in [-0.2, 0) is 4.79 Å². The third-order valence-corrected chi connectivity index (χ3v) is 3.23. The van der Waals surface area contributed by atoms with Crippen LogP contribution in [0.5, 0.6) is 6.01 Å². The van der Waals surface area contributed by atoms with Crippen LogP contribution in [0.4, 0.5) is 0 Å². The normalized spacial score (nSPS) is 19.8. The van der Waals surface area contributed by atoms with Crippen molar-refractivity contribution in [2.45, 2.75) is 46.1 Å². The molecule has 0 bridgehead atoms. The molecule has 0 aromatic carbocycles. The molecule has 0 N–H and O–H groups in total. The summed E-state index contributed by atoms with van der Waals surface area (Å²) in [7, 11) is 0. The van der Waals surface area contributed by atoms with Crippen LogP contribution >= 0.6 is 0 Å². The summed E-state index contributed by atoms with van der Waals surface area (Å²) < 4.78 is 5.75. The molecule has 1 fully saturated rings. The van der Waals surface area contributed by atoms with Crippen LogP contribution < -0.4 is 4.74 Å². The number of nitrogens with zero attached hydrogens (tertiary/aromatic N) is 3. The van der Waals surface area contributed by atoms with Crippen LogP contribution in [0, 0.1) is 5.41 Å². The topological polar surface area (TPSA) is 55.3 Å². The zero-order chi connectivity index (χ0) is 14.6. The van der Waals surface area contributed by atoms with Gasteiger partial charge in [0, 0.05) is 25.4 Å². The zero-order valence-corrected chi connectivity index (χ0v) is 12.5. The van der Waals surface area contributed by atoms with Crippen molar-refractivity contribution < 1.29 is 9.53 Å². The van der Waals surface area contributed by atoms with Gasteiger partial charge in [0.2, 0.25) is 5.91 Å². The number of amides is 1. The van der Waals surface area contributed by atoms with Crippen LogP contribution in [0.2, 0.25) is 0 Å². The van der Waals surface area contributed by atoms with Gasteiger partial charge in [-0.15, -0.1) is 0 Å². The lowest BCUT2D eigenvalue weighted by molar-refractivity contribution is -0.135. The number of hydrogen-bond acceptors (Lipinski definition) is 4. The summed E-state index contributed by atoms with van der Waals surface area (Å²) in [6, 6.07) is 2.15. The number of hydrogen-bond donors (Lipinski definition) is 0. The van der Waals surface area contributed by atoms with Crippen molar-refractivity contribution in [1.82, 2.24) is 14.9 Å². The van der Waals surface area contributed by atoms with E-state index in [1.165, 1.54) is 0 Å².